The van der Waals surface area contributed by atoms with Crippen LogP contribution in [-0.2, 0) is 11.2 Å². The Balaban J connectivity index is 1.80. The van der Waals surface area contributed by atoms with Crippen LogP contribution in [0.15, 0.2) is 54.1 Å². The number of rotatable bonds is 3. The van der Waals surface area contributed by atoms with Crippen LogP contribution in [0.1, 0.15) is 37.7 Å². The fourth-order valence-corrected chi connectivity index (χ4v) is 3.06. The highest BCUT2D eigenvalue weighted by Gasteiger charge is 2.09. The lowest BCUT2D eigenvalue weighted by atomic mass is 9.93. The molecule has 1 fully saturated rings. The summed E-state index contributed by atoms with van der Waals surface area (Å²) in [6.45, 7) is 0. The third kappa shape index (κ3) is 2.98. The van der Waals surface area contributed by atoms with Crippen LogP contribution in [0.25, 0.3) is 10.8 Å². The third-order valence-electron chi connectivity index (χ3n) is 4.11. The molecule has 1 saturated carbocycles. The van der Waals surface area contributed by atoms with Gasteiger partial charge in [0.1, 0.15) is 0 Å². The Bertz CT molecular complexity index is 638. The summed E-state index contributed by atoms with van der Waals surface area (Å²) in [4.78, 5) is 12.2. The van der Waals surface area contributed by atoms with Gasteiger partial charge in [0.2, 0.25) is 0 Å². The second kappa shape index (κ2) is 6.04. The van der Waals surface area contributed by atoms with E-state index in [1.54, 1.807) is 0 Å². The number of benzene rings is 2. The topological polar surface area (TPSA) is 17.1 Å². The standard InChI is InChI=1S/C19H20O/c20-18(13-15-7-2-1-3-8-15)14-17-11-6-10-16-9-4-5-12-19(16)17/h4-6,9-13H,1-3,7-8,14H2. The van der Waals surface area contributed by atoms with Crippen molar-refractivity contribution < 1.29 is 4.79 Å². The second-order valence-electron chi connectivity index (χ2n) is 5.64. The van der Waals surface area contributed by atoms with E-state index in [0.717, 1.165) is 18.4 Å². The van der Waals surface area contributed by atoms with E-state index in [1.807, 2.05) is 24.3 Å². The molecule has 0 spiro atoms. The average Bonchev–Trinajstić information content (AvgIpc) is 2.48. The Kier molecular flexibility index (Phi) is 3.96. The molecule has 1 heteroatoms. The highest BCUT2D eigenvalue weighted by atomic mass is 16.1. The summed E-state index contributed by atoms with van der Waals surface area (Å²) in [6, 6.07) is 14.5. The lowest BCUT2D eigenvalue weighted by Gasteiger charge is -2.13. The summed E-state index contributed by atoms with van der Waals surface area (Å²) in [5.41, 5.74) is 2.49. The van der Waals surface area contributed by atoms with Gasteiger partial charge < -0.3 is 0 Å². The normalized spacial score (nSPS) is 15.3. The highest BCUT2D eigenvalue weighted by Crippen LogP contribution is 2.23. The first-order chi connectivity index (χ1) is 9.83. The SMILES string of the molecule is O=C(C=C1CCCCC1)Cc1cccc2ccccc12. The van der Waals surface area contributed by atoms with Gasteiger partial charge in [0.05, 0.1) is 0 Å². The minimum Gasteiger partial charge on any atom is -0.294 e. The second-order valence-corrected chi connectivity index (χ2v) is 5.64. The van der Waals surface area contributed by atoms with Gasteiger partial charge in [0, 0.05) is 6.42 Å². The molecule has 2 aromatic carbocycles. The van der Waals surface area contributed by atoms with Crippen LogP contribution in [0.3, 0.4) is 0 Å². The van der Waals surface area contributed by atoms with Crippen molar-refractivity contribution in [3.8, 4) is 0 Å². The molecule has 3 rings (SSSR count). The average molecular weight is 264 g/mol. The fraction of sp³-hybridized carbons (Fsp3) is 0.316. The molecule has 2 aromatic rings. The zero-order chi connectivity index (χ0) is 13.8. The molecule has 1 nitrogen and oxygen atoms in total. The Morgan fingerprint density at radius 2 is 1.70 bits per heavy atom. The van der Waals surface area contributed by atoms with Gasteiger partial charge in [-0.05, 0) is 48.1 Å². The van der Waals surface area contributed by atoms with E-state index in [4.69, 9.17) is 0 Å². The molecule has 0 radical (unpaired) electrons. The molecule has 0 unspecified atom stereocenters. The summed E-state index contributed by atoms with van der Waals surface area (Å²) in [5.74, 6) is 0.248. The number of hydrogen-bond acceptors (Lipinski definition) is 1. The number of carbonyl (C=O) groups excluding carboxylic acids is 1. The number of hydrogen-bond donors (Lipinski definition) is 0. The molecular formula is C19H20O. The van der Waals surface area contributed by atoms with Crippen LogP contribution < -0.4 is 0 Å². The molecule has 1 aliphatic carbocycles. The van der Waals surface area contributed by atoms with Gasteiger partial charge in [0.15, 0.2) is 5.78 Å². The molecule has 0 aromatic heterocycles. The maximum Gasteiger partial charge on any atom is 0.160 e. The van der Waals surface area contributed by atoms with E-state index < -0.39 is 0 Å². The van der Waals surface area contributed by atoms with Crippen LogP contribution in [0.5, 0.6) is 0 Å². The first-order valence-electron chi connectivity index (χ1n) is 7.52. The van der Waals surface area contributed by atoms with E-state index in [9.17, 15) is 4.79 Å². The third-order valence-corrected chi connectivity index (χ3v) is 4.11. The molecule has 0 heterocycles. The molecule has 20 heavy (non-hydrogen) atoms. The zero-order valence-corrected chi connectivity index (χ0v) is 11.8. The quantitative estimate of drug-likeness (QED) is 0.725. The minimum absolute atomic E-state index is 0.248. The van der Waals surface area contributed by atoms with Gasteiger partial charge in [-0.3, -0.25) is 4.79 Å². The molecule has 0 atom stereocenters. The first kappa shape index (κ1) is 13.1. The van der Waals surface area contributed by atoms with Crippen molar-refractivity contribution in [2.45, 2.75) is 38.5 Å². The maximum absolute atomic E-state index is 12.2. The van der Waals surface area contributed by atoms with Crippen molar-refractivity contribution >= 4 is 16.6 Å². The Hall–Kier alpha value is -1.89. The zero-order valence-electron chi connectivity index (χ0n) is 11.8. The molecule has 0 amide bonds. The van der Waals surface area contributed by atoms with Gasteiger partial charge in [0.25, 0.3) is 0 Å². The molecule has 0 aliphatic heterocycles. The van der Waals surface area contributed by atoms with Gasteiger partial charge in [-0.1, -0.05) is 54.5 Å². The number of ketones is 1. The summed E-state index contributed by atoms with van der Waals surface area (Å²) >= 11 is 0. The Labute approximate surface area is 120 Å². The molecule has 0 bridgehead atoms. The Morgan fingerprint density at radius 3 is 2.55 bits per heavy atom. The molecule has 102 valence electrons. The summed E-state index contributed by atoms with van der Waals surface area (Å²) < 4.78 is 0. The van der Waals surface area contributed by atoms with Crippen LogP contribution in [0, 0.1) is 0 Å². The van der Waals surface area contributed by atoms with E-state index in [2.05, 4.69) is 24.3 Å². The fourth-order valence-electron chi connectivity index (χ4n) is 3.06. The summed E-state index contributed by atoms with van der Waals surface area (Å²) in [7, 11) is 0. The van der Waals surface area contributed by atoms with Gasteiger partial charge in [-0.2, -0.15) is 0 Å². The summed E-state index contributed by atoms with van der Waals surface area (Å²) in [5, 5.41) is 2.41. The van der Waals surface area contributed by atoms with E-state index >= 15 is 0 Å². The lowest BCUT2D eigenvalue weighted by Crippen LogP contribution is -2.03. The smallest absolute Gasteiger partial charge is 0.160 e. The van der Waals surface area contributed by atoms with Crippen molar-refractivity contribution in [3.63, 3.8) is 0 Å². The van der Waals surface area contributed by atoms with Crippen LogP contribution in [-0.4, -0.2) is 5.78 Å². The minimum atomic E-state index is 0.248. The predicted molar refractivity (Wildman–Crippen MR) is 83.8 cm³/mol. The van der Waals surface area contributed by atoms with Gasteiger partial charge in [-0.15, -0.1) is 0 Å². The van der Waals surface area contributed by atoms with Gasteiger partial charge >= 0.3 is 0 Å². The van der Waals surface area contributed by atoms with E-state index in [-0.39, 0.29) is 5.78 Å². The first-order valence-corrected chi connectivity index (χ1v) is 7.52. The monoisotopic (exact) mass is 264 g/mol. The number of carbonyl (C=O) groups is 1. The molecule has 0 saturated heterocycles. The molecule has 1 aliphatic rings. The predicted octanol–water partition coefficient (Wildman–Crippen LogP) is 4.84. The van der Waals surface area contributed by atoms with Gasteiger partial charge in [-0.25, -0.2) is 0 Å². The van der Waals surface area contributed by atoms with E-state index in [0.29, 0.717) is 6.42 Å². The maximum atomic E-state index is 12.2. The van der Waals surface area contributed by atoms with Crippen LogP contribution in [0.2, 0.25) is 0 Å². The Morgan fingerprint density at radius 1 is 0.950 bits per heavy atom. The lowest BCUT2D eigenvalue weighted by molar-refractivity contribution is -0.114. The van der Waals surface area contributed by atoms with Crippen molar-refractivity contribution in [3.05, 3.63) is 59.7 Å². The van der Waals surface area contributed by atoms with Crippen molar-refractivity contribution in [2.24, 2.45) is 0 Å². The summed E-state index contributed by atoms with van der Waals surface area (Å²) in [6.07, 6.45) is 8.45. The largest absolute Gasteiger partial charge is 0.294 e. The molecule has 0 N–H and O–H groups in total. The molecular weight excluding hydrogens is 244 g/mol. The van der Waals surface area contributed by atoms with Crippen molar-refractivity contribution in [2.75, 3.05) is 0 Å². The number of fused-ring (bicyclic) bond motifs is 1. The number of allylic oxidation sites excluding steroid dienone is 2. The van der Waals surface area contributed by atoms with Crippen molar-refractivity contribution in [1.82, 2.24) is 0 Å². The highest BCUT2D eigenvalue weighted by molar-refractivity contribution is 5.96. The van der Waals surface area contributed by atoms with Crippen molar-refractivity contribution in [1.29, 1.82) is 0 Å². The van der Waals surface area contributed by atoms with Crippen LogP contribution in [0.4, 0.5) is 0 Å². The van der Waals surface area contributed by atoms with E-state index in [1.165, 1.54) is 35.6 Å². The van der Waals surface area contributed by atoms with Crippen LogP contribution >= 0.6 is 0 Å².